The summed E-state index contributed by atoms with van der Waals surface area (Å²) in [5, 5.41) is 6.01. The minimum Gasteiger partial charge on any atom is -0.464 e. The van der Waals surface area contributed by atoms with Crippen molar-refractivity contribution in [1.29, 1.82) is 0 Å². The molecule has 3 aromatic rings. The molecule has 3 nitrogen and oxygen atoms in total. The Morgan fingerprint density at radius 3 is 2.48 bits per heavy atom. The maximum absolute atomic E-state index is 13.2. The normalized spacial score (nSPS) is 21.0. The van der Waals surface area contributed by atoms with Gasteiger partial charge in [0, 0.05) is 23.2 Å². The highest BCUT2D eigenvalue weighted by molar-refractivity contribution is 6.25. The Kier molecular flexibility index (Phi) is 3.39. The lowest BCUT2D eigenvalue weighted by Crippen LogP contribution is -2.32. The first-order valence-electron chi connectivity index (χ1n) is 9.54. The molecule has 0 fully saturated rings. The Labute approximate surface area is 159 Å². The molecule has 136 valence electrons. The van der Waals surface area contributed by atoms with Crippen LogP contribution >= 0.6 is 0 Å². The van der Waals surface area contributed by atoms with Gasteiger partial charge in [0.1, 0.15) is 17.6 Å². The second kappa shape index (κ2) is 5.59. The van der Waals surface area contributed by atoms with Crippen molar-refractivity contribution >= 4 is 27.8 Å². The summed E-state index contributed by atoms with van der Waals surface area (Å²) < 4.78 is 5.97. The number of fused-ring (bicyclic) bond motifs is 3. The number of benzene rings is 2. The number of hydrogen-bond acceptors (Lipinski definition) is 3. The molecular weight excluding hydrogens is 334 g/mol. The van der Waals surface area contributed by atoms with Crippen molar-refractivity contribution in [2.24, 2.45) is 5.41 Å². The number of carbonyl (C=O) groups excluding carboxylic acids is 1. The maximum Gasteiger partial charge on any atom is 0.164 e. The minimum atomic E-state index is -0.0918. The molecule has 0 saturated carbocycles. The molecule has 0 spiro atoms. The number of carbonyl (C=O) groups is 1. The lowest BCUT2D eigenvalue weighted by molar-refractivity contribution is -0.116. The molecule has 5 rings (SSSR count). The lowest BCUT2D eigenvalue weighted by Gasteiger charge is -2.39. The number of ketones is 1. The third-order valence-electron chi connectivity index (χ3n) is 5.76. The van der Waals surface area contributed by atoms with Gasteiger partial charge in [0.2, 0.25) is 0 Å². The SMILES string of the molecule is Cc1ccc(C2Nc3cc4ccccc4cc3C3=C2CC(C)(C)CC3=O)o1. The summed E-state index contributed by atoms with van der Waals surface area (Å²) in [6.07, 6.45) is 1.47. The Hall–Kier alpha value is -2.81. The van der Waals surface area contributed by atoms with Crippen molar-refractivity contribution in [2.75, 3.05) is 5.32 Å². The molecule has 0 amide bonds. The first kappa shape index (κ1) is 16.4. The molecular formula is C24H23NO2. The predicted octanol–water partition coefficient (Wildman–Crippen LogP) is 6.05. The molecule has 2 aliphatic rings. The van der Waals surface area contributed by atoms with E-state index < -0.39 is 0 Å². The molecule has 2 heterocycles. The second-order valence-corrected chi connectivity index (χ2v) is 8.61. The van der Waals surface area contributed by atoms with Crippen LogP contribution in [0.4, 0.5) is 5.69 Å². The molecule has 1 atom stereocenters. The van der Waals surface area contributed by atoms with Crippen LogP contribution in [-0.4, -0.2) is 5.78 Å². The quantitative estimate of drug-likeness (QED) is 0.576. The van der Waals surface area contributed by atoms with Gasteiger partial charge in [0.05, 0.1) is 0 Å². The first-order chi connectivity index (χ1) is 12.9. The predicted molar refractivity (Wildman–Crippen MR) is 109 cm³/mol. The molecule has 1 aliphatic heterocycles. The topological polar surface area (TPSA) is 42.2 Å². The second-order valence-electron chi connectivity index (χ2n) is 8.61. The van der Waals surface area contributed by atoms with Crippen molar-refractivity contribution in [3.63, 3.8) is 0 Å². The number of rotatable bonds is 1. The van der Waals surface area contributed by atoms with E-state index in [-0.39, 0.29) is 17.2 Å². The van der Waals surface area contributed by atoms with E-state index in [1.165, 1.54) is 5.39 Å². The van der Waals surface area contributed by atoms with Crippen LogP contribution in [0.5, 0.6) is 0 Å². The summed E-state index contributed by atoms with van der Waals surface area (Å²) in [4.78, 5) is 13.2. The van der Waals surface area contributed by atoms with Crippen molar-refractivity contribution < 1.29 is 9.21 Å². The zero-order chi connectivity index (χ0) is 18.8. The summed E-state index contributed by atoms with van der Waals surface area (Å²) in [5.41, 5.74) is 4.07. The van der Waals surface area contributed by atoms with Crippen molar-refractivity contribution in [3.05, 3.63) is 71.2 Å². The van der Waals surface area contributed by atoms with Gasteiger partial charge in [-0.25, -0.2) is 0 Å². The smallest absolute Gasteiger partial charge is 0.164 e. The van der Waals surface area contributed by atoms with Gasteiger partial charge >= 0.3 is 0 Å². The summed E-state index contributed by atoms with van der Waals surface area (Å²) in [6.45, 7) is 6.31. The Morgan fingerprint density at radius 1 is 1.04 bits per heavy atom. The fourth-order valence-electron chi connectivity index (χ4n) is 4.60. The van der Waals surface area contributed by atoms with Crippen LogP contribution in [-0.2, 0) is 4.79 Å². The van der Waals surface area contributed by atoms with Gasteiger partial charge in [-0.1, -0.05) is 38.1 Å². The molecule has 1 N–H and O–H groups in total. The van der Waals surface area contributed by atoms with E-state index in [1.54, 1.807) is 0 Å². The summed E-state index contributed by atoms with van der Waals surface area (Å²) >= 11 is 0. The Morgan fingerprint density at radius 2 is 1.78 bits per heavy atom. The van der Waals surface area contributed by atoms with Gasteiger partial charge < -0.3 is 9.73 Å². The molecule has 3 heteroatoms. The van der Waals surface area contributed by atoms with Gasteiger partial charge in [0.25, 0.3) is 0 Å². The fourth-order valence-corrected chi connectivity index (χ4v) is 4.60. The number of Topliss-reactive ketones (excluding diaryl/α,β-unsaturated/α-hetero) is 1. The van der Waals surface area contributed by atoms with Crippen LogP contribution in [0, 0.1) is 12.3 Å². The van der Waals surface area contributed by atoms with Gasteiger partial charge in [-0.05, 0) is 59.4 Å². The molecule has 0 radical (unpaired) electrons. The van der Waals surface area contributed by atoms with E-state index in [0.29, 0.717) is 6.42 Å². The largest absolute Gasteiger partial charge is 0.464 e. The molecule has 1 aromatic heterocycles. The zero-order valence-electron chi connectivity index (χ0n) is 15.9. The molecule has 27 heavy (non-hydrogen) atoms. The summed E-state index contributed by atoms with van der Waals surface area (Å²) in [5.74, 6) is 2.01. The monoisotopic (exact) mass is 357 g/mol. The highest BCUT2D eigenvalue weighted by Gasteiger charge is 2.40. The Bertz CT molecular complexity index is 1120. The van der Waals surface area contributed by atoms with Crippen LogP contribution in [0.3, 0.4) is 0 Å². The minimum absolute atomic E-state index is 0.0359. The van der Waals surface area contributed by atoms with E-state index in [9.17, 15) is 4.79 Å². The van der Waals surface area contributed by atoms with Crippen molar-refractivity contribution in [3.8, 4) is 0 Å². The van der Waals surface area contributed by atoms with Crippen LogP contribution < -0.4 is 5.32 Å². The number of furan rings is 1. The van der Waals surface area contributed by atoms with Gasteiger partial charge in [0.15, 0.2) is 5.78 Å². The van der Waals surface area contributed by atoms with E-state index >= 15 is 0 Å². The van der Waals surface area contributed by atoms with Gasteiger partial charge in [-0.2, -0.15) is 0 Å². The van der Waals surface area contributed by atoms with Crippen molar-refractivity contribution in [1.82, 2.24) is 0 Å². The van der Waals surface area contributed by atoms with Gasteiger partial charge in [-0.15, -0.1) is 0 Å². The number of allylic oxidation sites excluding steroid dienone is 1. The summed E-state index contributed by atoms with van der Waals surface area (Å²) in [6, 6.07) is 16.5. The van der Waals surface area contributed by atoms with Crippen LogP contribution in [0.15, 0.2) is 58.5 Å². The number of anilines is 1. The fraction of sp³-hybridized carbons (Fsp3) is 0.292. The molecule has 1 aliphatic carbocycles. The van der Waals surface area contributed by atoms with Gasteiger partial charge in [-0.3, -0.25) is 4.79 Å². The maximum atomic E-state index is 13.2. The first-order valence-corrected chi connectivity index (χ1v) is 9.54. The average molecular weight is 357 g/mol. The zero-order valence-corrected chi connectivity index (χ0v) is 15.9. The Balaban J connectivity index is 1.77. The number of nitrogens with one attached hydrogen (secondary N) is 1. The average Bonchev–Trinajstić information content (AvgIpc) is 3.04. The standard InChI is InChI=1S/C24H23NO2/c1-14-8-9-21(27-14)23-18-12-24(2,3)13-20(26)22(18)17-10-15-6-4-5-7-16(15)11-19(17)25-23/h4-11,23,25H,12-13H2,1-3H3. The van der Waals surface area contributed by atoms with Crippen LogP contribution in [0.2, 0.25) is 0 Å². The van der Waals surface area contributed by atoms with Crippen molar-refractivity contribution in [2.45, 2.75) is 39.7 Å². The highest BCUT2D eigenvalue weighted by Crippen LogP contribution is 2.50. The van der Waals surface area contributed by atoms with Crippen LogP contribution in [0.1, 0.15) is 49.8 Å². The lowest BCUT2D eigenvalue weighted by atomic mass is 9.68. The third kappa shape index (κ3) is 2.61. The van der Waals surface area contributed by atoms with Crippen LogP contribution in [0.25, 0.3) is 16.3 Å². The molecule has 2 aromatic carbocycles. The molecule has 0 bridgehead atoms. The highest BCUT2D eigenvalue weighted by atomic mass is 16.3. The van der Waals surface area contributed by atoms with E-state index in [2.05, 4.69) is 43.4 Å². The molecule has 0 saturated heterocycles. The number of aryl methyl sites for hydroxylation is 1. The third-order valence-corrected chi connectivity index (χ3v) is 5.76. The van der Waals surface area contributed by atoms with E-state index in [0.717, 1.165) is 45.7 Å². The van der Waals surface area contributed by atoms with E-state index in [1.807, 2.05) is 31.2 Å². The molecule has 1 unspecified atom stereocenters. The summed E-state index contributed by atoms with van der Waals surface area (Å²) in [7, 11) is 0. The number of hydrogen-bond donors (Lipinski definition) is 1. The van der Waals surface area contributed by atoms with E-state index in [4.69, 9.17) is 4.42 Å².